The molecule has 1 aromatic carbocycles. The smallest absolute Gasteiger partial charge is 0.0585 e. The molecule has 0 spiro atoms. The molecule has 0 aromatic heterocycles. The molecule has 0 bridgehead atoms. The van der Waals surface area contributed by atoms with Gasteiger partial charge in [0.25, 0.3) is 0 Å². The van der Waals surface area contributed by atoms with E-state index in [1.807, 2.05) is 25.1 Å². The van der Waals surface area contributed by atoms with Crippen LogP contribution in [0, 0.1) is 5.41 Å². The summed E-state index contributed by atoms with van der Waals surface area (Å²) in [5.74, 6) is 0.198. The third-order valence-corrected chi connectivity index (χ3v) is 2.57. The van der Waals surface area contributed by atoms with Gasteiger partial charge in [0.2, 0.25) is 0 Å². The summed E-state index contributed by atoms with van der Waals surface area (Å²) in [4.78, 5) is 0. The van der Waals surface area contributed by atoms with Gasteiger partial charge < -0.3 is 5.11 Å². The Bertz CT molecular complexity index is 269. The van der Waals surface area contributed by atoms with Crippen molar-refractivity contribution in [2.45, 2.75) is 39.7 Å². The fourth-order valence-corrected chi connectivity index (χ4v) is 2.16. The molecule has 0 heterocycles. The second-order valence-corrected chi connectivity index (χ2v) is 4.99. The molecule has 2 atom stereocenters. The van der Waals surface area contributed by atoms with E-state index < -0.39 is 0 Å². The van der Waals surface area contributed by atoms with Gasteiger partial charge in [-0.1, -0.05) is 51.1 Å². The van der Waals surface area contributed by atoms with Crippen molar-refractivity contribution >= 4 is 0 Å². The van der Waals surface area contributed by atoms with Gasteiger partial charge in [-0.15, -0.1) is 0 Å². The Labute approximate surface area is 86.8 Å². The molecule has 0 aliphatic carbocycles. The number of aliphatic hydroxyl groups is 1. The predicted octanol–water partition coefficient (Wildman–Crippen LogP) is 3.20. The maximum atomic E-state index is 9.80. The molecule has 1 aromatic rings. The number of hydrogen-bond acceptors (Lipinski definition) is 1. The standard InChI is InChI=1S/C13H20O/c1-10(14)12(13(2,3)4)11-8-6-5-7-9-11/h5-10,12,14H,1-4H3. The Morgan fingerprint density at radius 2 is 1.57 bits per heavy atom. The van der Waals surface area contributed by atoms with Crippen molar-refractivity contribution in [3.05, 3.63) is 35.9 Å². The normalized spacial score (nSPS) is 16.4. The lowest BCUT2D eigenvalue weighted by atomic mass is 9.74. The van der Waals surface area contributed by atoms with Crippen molar-refractivity contribution in [2.24, 2.45) is 5.41 Å². The van der Waals surface area contributed by atoms with Gasteiger partial charge in [-0.25, -0.2) is 0 Å². The molecule has 14 heavy (non-hydrogen) atoms. The van der Waals surface area contributed by atoms with Gasteiger partial charge in [0, 0.05) is 5.92 Å². The van der Waals surface area contributed by atoms with E-state index in [4.69, 9.17) is 0 Å². The lowest BCUT2D eigenvalue weighted by Gasteiger charge is -2.33. The number of benzene rings is 1. The molecule has 0 amide bonds. The molecule has 0 saturated heterocycles. The van der Waals surface area contributed by atoms with Crippen molar-refractivity contribution in [1.82, 2.24) is 0 Å². The van der Waals surface area contributed by atoms with Crippen LogP contribution in [0.15, 0.2) is 30.3 Å². The van der Waals surface area contributed by atoms with Crippen molar-refractivity contribution in [2.75, 3.05) is 0 Å². The Hall–Kier alpha value is -0.820. The molecule has 0 saturated carbocycles. The molecule has 0 radical (unpaired) electrons. The maximum Gasteiger partial charge on any atom is 0.0585 e. The lowest BCUT2D eigenvalue weighted by molar-refractivity contribution is 0.105. The Kier molecular flexibility index (Phi) is 3.33. The summed E-state index contributed by atoms with van der Waals surface area (Å²) in [6, 6.07) is 10.2. The second-order valence-electron chi connectivity index (χ2n) is 4.99. The van der Waals surface area contributed by atoms with E-state index in [0.717, 1.165) is 0 Å². The number of hydrogen-bond donors (Lipinski definition) is 1. The highest BCUT2D eigenvalue weighted by atomic mass is 16.3. The zero-order valence-corrected chi connectivity index (χ0v) is 9.49. The summed E-state index contributed by atoms with van der Waals surface area (Å²) in [7, 11) is 0. The molecular formula is C13H20O. The highest BCUT2D eigenvalue weighted by molar-refractivity contribution is 5.22. The molecule has 1 N–H and O–H groups in total. The van der Waals surface area contributed by atoms with Gasteiger partial charge in [0.05, 0.1) is 6.10 Å². The van der Waals surface area contributed by atoms with Crippen LogP contribution in [0.2, 0.25) is 0 Å². The maximum absolute atomic E-state index is 9.80. The molecule has 0 aliphatic heterocycles. The molecule has 0 fully saturated rings. The fraction of sp³-hybridized carbons (Fsp3) is 0.538. The van der Waals surface area contributed by atoms with Crippen LogP contribution < -0.4 is 0 Å². The van der Waals surface area contributed by atoms with E-state index in [-0.39, 0.29) is 17.4 Å². The zero-order chi connectivity index (χ0) is 10.8. The second kappa shape index (κ2) is 4.14. The van der Waals surface area contributed by atoms with Crippen LogP contribution in [0.4, 0.5) is 0 Å². The molecule has 1 heteroatoms. The quantitative estimate of drug-likeness (QED) is 0.763. The van der Waals surface area contributed by atoms with Crippen molar-refractivity contribution in [3.8, 4) is 0 Å². The van der Waals surface area contributed by atoms with Gasteiger partial charge in [0.1, 0.15) is 0 Å². The minimum atomic E-state index is -0.308. The Morgan fingerprint density at radius 3 is 1.93 bits per heavy atom. The van der Waals surface area contributed by atoms with Crippen LogP contribution in [-0.4, -0.2) is 11.2 Å². The number of rotatable bonds is 2. The van der Waals surface area contributed by atoms with E-state index in [1.165, 1.54) is 5.56 Å². The number of aliphatic hydroxyl groups excluding tert-OH is 1. The van der Waals surface area contributed by atoms with E-state index in [0.29, 0.717) is 0 Å². The summed E-state index contributed by atoms with van der Waals surface area (Å²) in [6.45, 7) is 8.36. The lowest BCUT2D eigenvalue weighted by Crippen LogP contribution is -2.27. The first kappa shape index (κ1) is 11.3. The van der Waals surface area contributed by atoms with Gasteiger partial charge in [0.15, 0.2) is 0 Å². The minimum Gasteiger partial charge on any atom is -0.393 e. The van der Waals surface area contributed by atoms with Gasteiger partial charge >= 0.3 is 0 Å². The fourth-order valence-electron chi connectivity index (χ4n) is 2.16. The van der Waals surface area contributed by atoms with Gasteiger partial charge in [-0.3, -0.25) is 0 Å². The molecule has 1 nitrogen and oxygen atoms in total. The van der Waals surface area contributed by atoms with Gasteiger partial charge in [-0.2, -0.15) is 0 Å². The first-order chi connectivity index (χ1) is 6.43. The largest absolute Gasteiger partial charge is 0.393 e. The third-order valence-electron chi connectivity index (χ3n) is 2.57. The van der Waals surface area contributed by atoms with E-state index >= 15 is 0 Å². The van der Waals surface area contributed by atoms with E-state index in [9.17, 15) is 5.11 Å². The Balaban J connectivity index is 3.02. The highest BCUT2D eigenvalue weighted by Crippen LogP contribution is 2.37. The average molecular weight is 192 g/mol. The van der Waals surface area contributed by atoms with Crippen molar-refractivity contribution < 1.29 is 5.11 Å². The zero-order valence-electron chi connectivity index (χ0n) is 9.49. The van der Waals surface area contributed by atoms with Crippen molar-refractivity contribution in [3.63, 3.8) is 0 Å². The summed E-state index contributed by atoms with van der Waals surface area (Å²) in [5.41, 5.74) is 1.31. The summed E-state index contributed by atoms with van der Waals surface area (Å²) in [5, 5.41) is 9.80. The van der Waals surface area contributed by atoms with Crippen LogP contribution in [-0.2, 0) is 0 Å². The van der Waals surface area contributed by atoms with Crippen LogP contribution >= 0.6 is 0 Å². The monoisotopic (exact) mass is 192 g/mol. The van der Waals surface area contributed by atoms with Crippen LogP contribution in [0.25, 0.3) is 0 Å². The highest BCUT2D eigenvalue weighted by Gasteiger charge is 2.29. The Morgan fingerprint density at radius 1 is 1.07 bits per heavy atom. The summed E-state index contributed by atoms with van der Waals surface area (Å²) in [6.07, 6.45) is -0.308. The van der Waals surface area contributed by atoms with Gasteiger partial charge in [-0.05, 0) is 17.9 Å². The van der Waals surface area contributed by atoms with Crippen molar-refractivity contribution in [1.29, 1.82) is 0 Å². The summed E-state index contributed by atoms with van der Waals surface area (Å²) >= 11 is 0. The first-order valence-corrected chi connectivity index (χ1v) is 5.16. The van der Waals surface area contributed by atoms with E-state index in [1.54, 1.807) is 0 Å². The third kappa shape index (κ3) is 2.58. The minimum absolute atomic E-state index is 0.0928. The molecule has 2 unspecified atom stereocenters. The SMILES string of the molecule is CC(O)C(c1ccccc1)C(C)(C)C. The first-order valence-electron chi connectivity index (χ1n) is 5.16. The molecular weight excluding hydrogens is 172 g/mol. The van der Waals surface area contributed by atoms with Crippen LogP contribution in [0.1, 0.15) is 39.2 Å². The molecule has 78 valence electrons. The summed E-state index contributed by atoms with van der Waals surface area (Å²) < 4.78 is 0. The molecule has 1 rings (SSSR count). The predicted molar refractivity (Wildman–Crippen MR) is 60.3 cm³/mol. The topological polar surface area (TPSA) is 20.2 Å². The van der Waals surface area contributed by atoms with E-state index in [2.05, 4.69) is 32.9 Å². The van der Waals surface area contributed by atoms with Crippen LogP contribution in [0.5, 0.6) is 0 Å². The van der Waals surface area contributed by atoms with Crippen LogP contribution in [0.3, 0.4) is 0 Å². The molecule has 0 aliphatic rings. The average Bonchev–Trinajstić information content (AvgIpc) is 2.02.